The smallest absolute Gasteiger partial charge is 0.328 e. The lowest BCUT2D eigenvalue weighted by Gasteiger charge is -2.16. The topological polar surface area (TPSA) is 49.4 Å². The number of hydrogen-bond acceptors (Lipinski definition) is 2. The van der Waals surface area contributed by atoms with Crippen LogP contribution in [0.5, 0.6) is 0 Å². The minimum atomic E-state index is -0.305. The molecule has 0 bridgehead atoms. The van der Waals surface area contributed by atoms with Gasteiger partial charge in [-0.3, -0.25) is 4.79 Å². The van der Waals surface area contributed by atoms with E-state index in [1.165, 1.54) is 4.90 Å². The van der Waals surface area contributed by atoms with Gasteiger partial charge in [-0.05, 0) is 18.1 Å². The third-order valence-corrected chi connectivity index (χ3v) is 3.08. The highest BCUT2D eigenvalue weighted by Crippen LogP contribution is 2.28. The number of carbonyl (C=O) groups is 2. The maximum atomic E-state index is 12.0. The summed E-state index contributed by atoms with van der Waals surface area (Å²) in [7, 11) is 0. The SMILES string of the molecule is CCCCCNC(=O)N1C(=O)Cc2ccccc21. The predicted octanol–water partition coefficient (Wildman–Crippen LogP) is 2.48. The first-order chi connectivity index (χ1) is 8.74. The number of urea groups is 1. The van der Waals surface area contributed by atoms with Crippen LogP contribution in [0.2, 0.25) is 0 Å². The van der Waals surface area contributed by atoms with Gasteiger partial charge in [-0.1, -0.05) is 38.0 Å². The average Bonchev–Trinajstić information content (AvgIpc) is 2.70. The molecule has 0 unspecified atom stereocenters. The van der Waals surface area contributed by atoms with Gasteiger partial charge in [0, 0.05) is 6.54 Å². The Bertz CT molecular complexity index is 457. The molecule has 4 heteroatoms. The van der Waals surface area contributed by atoms with Gasteiger partial charge in [0.25, 0.3) is 0 Å². The zero-order valence-electron chi connectivity index (χ0n) is 10.6. The van der Waals surface area contributed by atoms with Gasteiger partial charge in [-0.15, -0.1) is 0 Å². The van der Waals surface area contributed by atoms with E-state index in [4.69, 9.17) is 0 Å². The van der Waals surface area contributed by atoms with Crippen molar-refractivity contribution in [3.05, 3.63) is 29.8 Å². The van der Waals surface area contributed by atoms with Gasteiger partial charge in [0.15, 0.2) is 0 Å². The van der Waals surface area contributed by atoms with Crippen LogP contribution in [0.25, 0.3) is 0 Å². The molecule has 0 saturated heterocycles. The zero-order valence-corrected chi connectivity index (χ0v) is 10.6. The number of nitrogens with zero attached hydrogens (tertiary/aromatic N) is 1. The third-order valence-electron chi connectivity index (χ3n) is 3.08. The second kappa shape index (κ2) is 5.67. The Labute approximate surface area is 107 Å². The van der Waals surface area contributed by atoms with Crippen molar-refractivity contribution in [3.63, 3.8) is 0 Å². The van der Waals surface area contributed by atoms with Crippen LogP contribution in [-0.2, 0) is 11.2 Å². The molecule has 0 aromatic heterocycles. The van der Waals surface area contributed by atoms with Crippen molar-refractivity contribution in [1.82, 2.24) is 5.32 Å². The summed E-state index contributed by atoms with van der Waals surface area (Å²) >= 11 is 0. The molecule has 1 aromatic rings. The molecule has 1 aliphatic heterocycles. The van der Waals surface area contributed by atoms with Crippen LogP contribution in [0.1, 0.15) is 31.7 Å². The fourth-order valence-corrected chi connectivity index (χ4v) is 2.13. The quantitative estimate of drug-likeness (QED) is 0.830. The monoisotopic (exact) mass is 246 g/mol. The number of fused-ring (bicyclic) bond motifs is 1. The number of amides is 3. The van der Waals surface area contributed by atoms with Gasteiger partial charge in [-0.2, -0.15) is 0 Å². The molecule has 0 saturated carbocycles. The number of para-hydroxylation sites is 1. The van der Waals surface area contributed by atoms with Gasteiger partial charge in [-0.25, -0.2) is 9.69 Å². The van der Waals surface area contributed by atoms with Crippen molar-refractivity contribution in [1.29, 1.82) is 0 Å². The molecule has 1 heterocycles. The fourth-order valence-electron chi connectivity index (χ4n) is 2.13. The Morgan fingerprint density at radius 2 is 2.11 bits per heavy atom. The van der Waals surface area contributed by atoms with Crippen molar-refractivity contribution in [2.75, 3.05) is 11.4 Å². The lowest BCUT2D eigenvalue weighted by atomic mass is 10.2. The number of carbonyl (C=O) groups excluding carboxylic acids is 2. The number of imide groups is 1. The van der Waals surface area contributed by atoms with E-state index in [-0.39, 0.29) is 11.9 Å². The summed E-state index contributed by atoms with van der Waals surface area (Å²) in [6.45, 7) is 2.74. The van der Waals surface area contributed by atoms with Crippen LogP contribution in [0.4, 0.5) is 10.5 Å². The summed E-state index contributed by atoms with van der Waals surface area (Å²) in [5.41, 5.74) is 1.64. The second-order valence-corrected chi connectivity index (χ2v) is 4.47. The lowest BCUT2D eigenvalue weighted by molar-refractivity contribution is -0.116. The Kier molecular flexibility index (Phi) is 3.97. The van der Waals surface area contributed by atoms with Crippen LogP contribution in [0, 0.1) is 0 Å². The molecule has 1 N–H and O–H groups in total. The number of hydrogen-bond donors (Lipinski definition) is 1. The van der Waals surface area contributed by atoms with Gasteiger partial charge < -0.3 is 5.32 Å². The summed E-state index contributed by atoms with van der Waals surface area (Å²) in [5, 5.41) is 2.80. The highest BCUT2D eigenvalue weighted by molar-refractivity contribution is 6.18. The second-order valence-electron chi connectivity index (χ2n) is 4.47. The average molecular weight is 246 g/mol. The van der Waals surface area contributed by atoms with E-state index in [0.29, 0.717) is 13.0 Å². The van der Waals surface area contributed by atoms with E-state index < -0.39 is 0 Å². The molecule has 18 heavy (non-hydrogen) atoms. The third kappa shape index (κ3) is 2.53. The first kappa shape index (κ1) is 12.6. The number of anilines is 1. The molecule has 2 rings (SSSR count). The molecule has 3 amide bonds. The van der Waals surface area contributed by atoms with E-state index in [0.717, 1.165) is 30.5 Å². The van der Waals surface area contributed by atoms with Crippen LogP contribution in [0.15, 0.2) is 24.3 Å². The first-order valence-corrected chi connectivity index (χ1v) is 6.42. The molecule has 4 nitrogen and oxygen atoms in total. The molecule has 0 aliphatic carbocycles. The van der Waals surface area contributed by atoms with Crippen molar-refractivity contribution >= 4 is 17.6 Å². The summed E-state index contributed by atoms with van der Waals surface area (Å²) in [4.78, 5) is 25.1. The number of nitrogens with one attached hydrogen (secondary N) is 1. The van der Waals surface area contributed by atoms with E-state index in [1.807, 2.05) is 24.3 Å². The number of rotatable bonds is 4. The van der Waals surface area contributed by atoms with Gasteiger partial charge >= 0.3 is 6.03 Å². The number of benzene rings is 1. The molecule has 0 atom stereocenters. The Morgan fingerprint density at radius 3 is 2.89 bits per heavy atom. The van der Waals surface area contributed by atoms with Crippen molar-refractivity contribution in [2.24, 2.45) is 0 Å². The molecular weight excluding hydrogens is 228 g/mol. The minimum Gasteiger partial charge on any atom is -0.337 e. The maximum Gasteiger partial charge on any atom is 0.328 e. The molecule has 1 aromatic carbocycles. The Hall–Kier alpha value is -1.84. The highest BCUT2D eigenvalue weighted by atomic mass is 16.2. The van der Waals surface area contributed by atoms with Crippen LogP contribution in [0.3, 0.4) is 0 Å². The first-order valence-electron chi connectivity index (χ1n) is 6.42. The van der Waals surface area contributed by atoms with E-state index in [9.17, 15) is 9.59 Å². The summed E-state index contributed by atoms with van der Waals surface area (Å²) in [6.07, 6.45) is 3.47. The van der Waals surface area contributed by atoms with Crippen LogP contribution < -0.4 is 10.2 Å². The highest BCUT2D eigenvalue weighted by Gasteiger charge is 2.31. The standard InChI is InChI=1S/C14H18N2O2/c1-2-3-6-9-15-14(18)16-12-8-5-4-7-11(12)10-13(16)17/h4-5,7-8H,2-3,6,9-10H2,1H3,(H,15,18). The molecular formula is C14H18N2O2. The number of unbranched alkanes of at least 4 members (excludes halogenated alkanes) is 2. The van der Waals surface area contributed by atoms with E-state index >= 15 is 0 Å². The predicted molar refractivity (Wildman–Crippen MR) is 70.6 cm³/mol. The normalized spacial score (nSPS) is 13.6. The molecule has 1 aliphatic rings. The van der Waals surface area contributed by atoms with Gasteiger partial charge in [0.05, 0.1) is 12.1 Å². The van der Waals surface area contributed by atoms with Crippen molar-refractivity contribution in [3.8, 4) is 0 Å². The maximum absolute atomic E-state index is 12.0. The summed E-state index contributed by atoms with van der Waals surface area (Å²) in [5.74, 6) is -0.149. The van der Waals surface area contributed by atoms with E-state index in [1.54, 1.807) is 0 Å². The van der Waals surface area contributed by atoms with Crippen LogP contribution in [-0.4, -0.2) is 18.5 Å². The molecule has 0 spiro atoms. The lowest BCUT2D eigenvalue weighted by Crippen LogP contribution is -2.42. The van der Waals surface area contributed by atoms with Gasteiger partial charge in [0.2, 0.25) is 5.91 Å². The Morgan fingerprint density at radius 1 is 1.33 bits per heavy atom. The minimum absolute atomic E-state index is 0.149. The molecule has 0 fully saturated rings. The Balaban J connectivity index is 2.00. The van der Waals surface area contributed by atoms with Crippen LogP contribution >= 0.6 is 0 Å². The van der Waals surface area contributed by atoms with Crippen molar-refractivity contribution in [2.45, 2.75) is 32.6 Å². The van der Waals surface area contributed by atoms with E-state index in [2.05, 4.69) is 12.2 Å². The summed E-state index contributed by atoms with van der Waals surface area (Å²) in [6, 6.07) is 7.12. The zero-order chi connectivity index (χ0) is 13.0. The largest absolute Gasteiger partial charge is 0.337 e. The molecule has 0 radical (unpaired) electrons. The molecule has 96 valence electrons. The fraction of sp³-hybridized carbons (Fsp3) is 0.429. The van der Waals surface area contributed by atoms with Gasteiger partial charge in [0.1, 0.15) is 0 Å². The summed E-state index contributed by atoms with van der Waals surface area (Å²) < 4.78 is 0. The van der Waals surface area contributed by atoms with Crippen molar-refractivity contribution < 1.29 is 9.59 Å².